The Hall–Kier alpha value is -1.95. The molecule has 0 bridgehead atoms. The second kappa shape index (κ2) is 7.35. The summed E-state index contributed by atoms with van der Waals surface area (Å²) in [6.45, 7) is 10.4. The van der Waals surface area contributed by atoms with Crippen molar-refractivity contribution >= 4 is 11.8 Å². The Balaban J connectivity index is 1.95. The van der Waals surface area contributed by atoms with Crippen molar-refractivity contribution in [1.29, 1.82) is 0 Å². The zero-order chi connectivity index (χ0) is 16.1. The van der Waals surface area contributed by atoms with E-state index < -0.39 is 0 Å². The highest BCUT2D eigenvalue weighted by molar-refractivity contribution is 7.99. The molecule has 2 N–H and O–H groups in total. The molecule has 5 nitrogen and oxygen atoms in total. The van der Waals surface area contributed by atoms with Crippen LogP contribution >= 0.6 is 11.8 Å². The second-order valence-electron chi connectivity index (χ2n) is 5.53. The molecule has 0 saturated heterocycles. The van der Waals surface area contributed by atoms with Crippen LogP contribution in [-0.2, 0) is 6.61 Å². The molecule has 118 valence electrons. The van der Waals surface area contributed by atoms with Gasteiger partial charge >= 0.3 is 0 Å². The first kappa shape index (κ1) is 16.4. The van der Waals surface area contributed by atoms with Gasteiger partial charge in [-0.3, -0.25) is 0 Å². The Morgan fingerprint density at radius 2 is 2.00 bits per heavy atom. The van der Waals surface area contributed by atoms with Gasteiger partial charge in [0.15, 0.2) is 5.82 Å². The fourth-order valence-electron chi connectivity index (χ4n) is 1.79. The number of thioether (sulfide) groups is 1. The third-order valence-electron chi connectivity index (χ3n) is 3.10. The molecule has 1 heterocycles. The van der Waals surface area contributed by atoms with Gasteiger partial charge in [-0.15, -0.1) is 10.2 Å². The highest BCUT2D eigenvalue weighted by Gasteiger charge is 2.11. The largest absolute Gasteiger partial charge is 0.486 e. The summed E-state index contributed by atoms with van der Waals surface area (Å²) < 4.78 is 7.18. The standard InChI is InChI=1S/C16H22N4OS/c1-11(2)10-22-16-19-18-15(20(16)17)9-21-14-7-5-13(6-8-14)12(3)4/h5-8,12H,1,9-10,17H2,2-4H3. The van der Waals surface area contributed by atoms with Gasteiger partial charge in [-0.1, -0.05) is 49.9 Å². The lowest BCUT2D eigenvalue weighted by Crippen LogP contribution is -2.15. The predicted octanol–water partition coefficient (Wildman–Crippen LogP) is 3.36. The van der Waals surface area contributed by atoms with Crippen LogP contribution in [0.25, 0.3) is 0 Å². The van der Waals surface area contributed by atoms with Gasteiger partial charge in [-0.05, 0) is 30.5 Å². The van der Waals surface area contributed by atoms with Gasteiger partial charge in [0.2, 0.25) is 5.16 Å². The first-order valence-corrected chi connectivity index (χ1v) is 8.15. The summed E-state index contributed by atoms with van der Waals surface area (Å²) in [4.78, 5) is 0. The van der Waals surface area contributed by atoms with Crippen LogP contribution in [0, 0.1) is 0 Å². The maximum Gasteiger partial charge on any atom is 0.210 e. The monoisotopic (exact) mass is 318 g/mol. The molecule has 0 radical (unpaired) electrons. The van der Waals surface area contributed by atoms with E-state index in [9.17, 15) is 0 Å². The van der Waals surface area contributed by atoms with E-state index >= 15 is 0 Å². The maximum atomic E-state index is 5.98. The summed E-state index contributed by atoms with van der Waals surface area (Å²) in [7, 11) is 0. The van der Waals surface area contributed by atoms with Crippen molar-refractivity contribution in [3.63, 3.8) is 0 Å². The molecule has 0 saturated carbocycles. The Morgan fingerprint density at radius 1 is 1.32 bits per heavy atom. The number of hydrogen-bond acceptors (Lipinski definition) is 5. The molecule has 0 aliphatic rings. The van der Waals surface area contributed by atoms with Crippen LogP contribution < -0.4 is 10.6 Å². The van der Waals surface area contributed by atoms with Gasteiger partial charge in [-0.25, -0.2) is 4.68 Å². The summed E-state index contributed by atoms with van der Waals surface area (Å²) in [6, 6.07) is 8.06. The lowest BCUT2D eigenvalue weighted by atomic mass is 10.0. The molecular weight excluding hydrogens is 296 g/mol. The van der Waals surface area contributed by atoms with Crippen LogP contribution in [0.4, 0.5) is 0 Å². The number of nitrogen functional groups attached to an aromatic ring is 1. The Bertz CT molecular complexity index is 634. The average Bonchev–Trinajstić information content (AvgIpc) is 2.84. The van der Waals surface area contributed by atoms with Crippen molar-refractivity contribution in [3.8, 4) is 5.75 Å². The highest BCUT2D eigenvalue weighted by Crippen LogP contribution is 2.20. The summed E-state index contributed by atoms with van der Waals surface area (Å²) in [5.41, 5.74) is 2.35. The maximum absolute atomic E-state index is 5.98. The van der Waals surface area contributed by atoms with Gasteiger partial charge in [0.25, 0.3) is 0 Å². The number of rotatable bonds is 7. The van der Waals surface area contributed by atoms with E-state index in [1.54, 1.807) is 0 Å². The lowest BCUT2D eigenvalue weighted by molar-refractivity contribution is 0.291. The fraction of sp³-hybridized carbons (Fsp3) is 0.375. The van der Waals surface area contributed by atoms with E-state index in [2.05, 4.69) is 42.8 Å². The molecule has 0 fully saturated rings. The third-order valence-corrected chi connectivity index (χ3v) is 4.27. The molecule has 0 atom stereocenters. The van der Waals surface area contributed by atoms with Crippen LogP contribution in [-0.4, -0.2) is 20.6 Å². The van der Waals surface area contributed by atoms with Crippen molar-refractivity contribution in [2.24, 2.45) is 0 Å². The van der Waals surface area contributed by atoms with Crippen molar-refractivity contribution in [2.75, 3.05) is 11.6 Å². The van der Waals surface area contributed by atoms with Crippen molar-refractivity contribution in [1.82, 2.24) is 14.9 Å². The van der Waals surface area contributed by atoms with Crippen LogP contribution in [0.3, 0.4) is 0 Å². The first-order valence-electron chi connectivity index (χ1n) is 7.16. The van der Waals surface area contributed by atoms with Gasteiger partial charge in [0.05, 0.1) is 0 Å². The highest BCUT2D eigenvalue weighted by atomic mass is 32.2. The fourth-order valence-corrected chi connectivity index (χ4v) is 2.51. The minimum absolute atomic E-state index is 0.290. The zero-order valence-electron chi connectivity index (χ0n) is 13.2. The molecule has 0 unspecified atom stereocenters. The van der Waals surface area contributed by atoms with E-state index in [0.717, 1.165) is 17.1 Å². The molecule has 1 aromatic carbocycles. The average molecular weight is 318 g/mol. The molecule has 0 aliphatic heterocycles. The van der Waals surface area contributed by atoms with Gasteiger partial charge in [-0.2, -0.15) is 0 Å². The Kier molecular flexibility index (Phi) is 5.49. The van der Waals surface area contributed by atoms with Crippen molar-refractivity contribution in [3.05, 3.63) is 47.8 Å². The molecule has 2 rings (SSSR count). The molecular formula is C16H22N4OS. The van der Waals surface area contributed by atoms with Crippen molar-refractivity contribution in [2.45, 2.75) is 38.5 Å². The molecule has 0 amide bonds. The molecule has 6 heteroatoms. The predicted molar refractivity (Wildman–Crippen MR) is 90.6 cm³/mol. The van der Waals surface area contributed by atoms with E-state index in [1.807, 2.05) is 19.1 Å². The Morgan fingerprint density at radius 3 is 2.59 bits per heavy atom. The van der Waals surface area contributed by atoms with E-state index in [1.165, 1.54) is 22.0 Å². The topological polar surface area (TPSA) is 66.0 Å². The number of nitrogens with zero attached hydrogens (tertiary/aromatic N) is 3. The summed E-state index contributed by atoms with van der Waals surface area (Å²) in [5.74, 6) is 8.65. The molecule has 0 aliphatic carbocycles. The number of benzene rings is 1. The molecule has 22 heavy (non-hydrogen) atoms. The van der Waals surface area contributed by atoms with Crippen LogP contribution in [0.15, 0.2) is 41.6 Å². The minimum Gasteiger partial charge on any atom is -0.486 e. The smallest absolute Gasteiger partial charge is 0.210 e. The number of ether oxygens (including phenoxy) is 1. The number of nitrogens with two attached hydrogens (primary N) is 1. The van der Waals surface area contributed by atoms with Gasteiger partial charge in [0, 0.05) is 5.75 Å². The molecule has 1 aromatic heterocycles. The summed E-state index contributed by atoms with van der Waals surface area (Å²) in [5, 5.41) is 8.80. The normalized spacial score (nSPS) is 10.9. The summed E-state index contributed by atoms with van der Waals surface area (Å²) >= 11 is 1.51. The molecule has 2 aromatic rings. The second-order valence-corrected chi connectivity index (χ2v) is 6.47. The van der Waals surface area contributed by atoms with Crippen LogP contribution in [0.2, 0.25) is 0 Å². The van der Waals surface area contributed by atoms with Crippen LogP contribution in [0.5, 0.6) is 5.75 Å². The summed E-state index contributed by atoms with van der Waals surface area (Å²) in [6.07, 6.45) is 0. The van der Waals surface area contributed by atoms with Gasteiger partial charge < -0.3 is 10.6 Å². The lowest BCUT2D eigenvalue weighted by Gasteiger charge is -2.09. The van der Waals surface area contributed by atoms with Gasteiger partial charge in [0.1, 0.15) is 12.4 Å². The van der Waals surface area contributed by atoms with E-state index in [-0.39, 0.29) is 6.61 Å². The number of hydrogen-bond donors (Lipinski definition) is 1. The van der Waals surface area contributed by atoms with Crippen molar-refractivity contribution < 1.29 is 4.74 Å². The number of aromatic nitrogens is 3. The third kappa shape index (κ3) is 4.27. The minimum atomic E-state index is 0.290. The zero-order valence-corrected chi connectivity index (χ0v) is 14.1. The van der Waals surface area contributed by atoms with E-state index in [4.69, 9.17) is 10.6 Å². The van der Waals surface area contributed by atoms with E-state index in [0.29, 0.717) is 16.9 Å². The Labute approximate surface area is 135 Å². The van der Waals surface area contributed by atoms with Crippen LogP contribution in [0.1, 0.15) is 38.1 Å². The quantitative estimate of drug-likeness (QED) is 0.482. The molecule has 0 spiro atoms. The SMILES string of the molecule is C=C(C)CSc1nnc(COc2ccc(C(C)C)cc2)n1N. The first-order chi connectivity index (χ1) is 10.5.